The van der Waals surface area contributed by atoms with E-state index < -0.39 is 0 Å². The summed E-state index contributed by atoms with van der Waals surface area (Å²) < 4.78 is 1.96. The molecule has 0 radical (unpaired) electrons. The van der Waals surface area contributed by atoms with E-state index in [0.717, 1.165) is 15.7 Å². The first-order valence-corrected chi connectivity index (χ1v) is 5.99. The molecule has 17 heavy (non-hydrogen) atoms. The van der Waals surface area contributed by atoms with Gasteiger partial charge in [-0.25, -0.2) is 4.98 Å². The molecule has 88 valence electrons. The van der Waals surface area contributed by atoms with Crippen LogP contribution >= 0.6 is 11.8 Å². The van der Waals surface area contributed by atoms with Crippen LogP contribution in [0.1, 0.15) is 6.92 Å². The van der Waals surface area contributed by atoms with Gasteiger partial charge in [0.2, 0.25) is 5.91 Å². The summed E-state index contributed by atoms with van der Waals surface area (Å²) >= 11 is 1.59. The van der Waals surface area contributed by atoms with Crippen molar-refractivity contribution in [2.24, 2.45) is 7.05 Å². The Hall–Kier alpha value is -1.75. The lowest BCUT2D eigenvalue weighted by atomic mass is 10.3. The van der Waals surface area contributed by atoms with Crippen molar-refractivity contribution in [2.75, 3.05) is 5.32 Å². The molecule has 0 saturated heterocycles. The van der Waals surface area contributed by atoms with Crippen molar-refractivity contribution in [1.82, 2.24) is 9.55 Å². The van der Waals surface area contributed by atoms with Crippen LogP contribution in [0.4, 0.5) is 5.69 Å². The van der Waals surface area contributed by atoms with Crippen LogP contribution in [-0.2, 0) is 11.8 Å². The molecule has 0 spiro atoms. The number of aromatic nitrogens is 2. The zero-order chi connectivity index (χ0) is 12.3. The van der Waals surface area contributed by atoms with Crippen LogP contribution in [0, 0.1) is 0 Å². The van der Waals surface area contributed by atoms with Crippen molar-refractivity contribution >= 4 is 23.4 Å². The Morgan fingerprint density at radius 3 is 2.59 bits per heavy atom. The molecule has 5 heteroatoms. The van der Waals surface area contributed by atoms with E-state index in [1.54, 1.807) is 18.0 Å². The Balaban J connectivity index is 2.08. The number of nitrogens with zero attached hydrogens (tertiary/aromatic N) is 2. The summed E-state index contributed by atoms with van der Waals surface area (Å²) in [4.78, 5) is 16.2. The molecular formula is C12H13N3OS. The fourth-order valence-corrected chi connectivity index (χ4v) is 2.17. The second-order valence-electron chi connectivity index (χ2n) is 3.63. The molecule has 0 aliphatic heterocycles. The topological polar surface area (TPSA) is 46.9 Å². The average Bonchev–Trinajstić information content (AvgIpc) is 2.67. The zero-order valence-corrected chi connectivity index (χ0v) is 10.5. The third kappa shape index (κ3) is 3.10. The number of hydrogen-bond donors (Lipinski definition) is 1. The van der Waals surface area contributed by atoms with Crippen LogP contribution in [0.25, 0.3) is 0 Å². The lowest BCUT2D eigenvalue weighted by molar-refractivity contribution is -0.114. The molecule has 0 aliphatic rings. The van der Waals surface area contributed by atoms with Crippen LogP contribution in [0.15, 0.2) is 46.7 Å². The van der Waals surface area contributed by atoms with E-state index in [9.17, 15) is 4.79 Å². The Labute approximate surface area is 104 Å². The first-order chi connectivity index (χ1) is 8.15. The molecule has 2 aromatic rings. The number of rotatable bonds is 3. The molecule has 0 unspecified atom stereocenters. The minimum Gasteiger partial charge on any atom is -0.329 e. The molecule has 1 aromatic carbocycles. The Kier molecular flexibility index (Phi) is 3.49. The van der Waals surface area contributed by atoms with Gasteiger partial charge in [-0.1, -0.05) is 11.8 Å². The average molecular weight is 247 g/mol. The molecule has 0 bridgehead atoms. The number of carbonyl (C=O) groups excluding carboxylic acids is 1. The van der Waals surface area contributed by atoms with Gasteiger partial charge in [-0.15, -0.1) is 0 Å². The maximum absolute atomic E-state index is 10.9. The summed E-state index contributed by atoms with van der Waals surface area (Å²) in [6.07, 6.45) is 3.68. The highest BCUT2D eigenvalue weighted by Crippen LogP contribution is 2.26. The van der Waals surface area contributed by atoms with Crippen LogP contribution in [0.5, 0.6) is 0 Å². The molecule has 1 amide bonds. The molecule has 0 fully saturated rings. The third-order valence-corrected chi connectivity index (χ3v) is 3.24. The van der Waals surface area contributed by atoms with Gasteiger partial charge in [0.25, 0.3) is 0 Å². The van der Waals surface area contributed by atoms with Gasteiger partial charge in [0, 0.05) is 36.9 Å². The Morgan fingerprint density at radius 1 is 1.35 bits per heavy atom. The predicted octanol–water partition coefficient (Wildman–Crippen LogP) is 2.53. The van der Waals surface area contributed by atoms with Crippen molar-refractivity contribution in [3.8, 4) is 0 Å². The molecule has 0 saturated carbocycles. The van der Waals surface area contributed by atoms with E-state index in [1.807, 2.05) is 42.1 Å². The molecule has 0 atom stereocenters. The van der Waals surface area contributed by atoms with Crippen LogP contribution in [-0.4, -0.2) is 15.5 Å². The summed E-state index contributed by atoms with van der Waals surface area (Å²) in [5.74, 6) is -0.0606. The van der Waals surface area contributed by atoms with Gasteiger partial charge in [0.1, 0.15) is 0 Å². The molecular weight excluding hydrogens is 234 g/mol. The van der Waals surface area contributed by atoms with Crippen molar-refractivity contribution < 1.29 is 4.79 Å². The van der Waals surface area contributed by atoms with E-state index in [-0.39, 0.29) is 5.91 Å². The van der Waals surface area contributed by atoms with E-state index in [1.165, 1.54) is 6.92 Å². The monoisotopic (exact) mass is 247 g/mol. The smallest absolute Gasteiger partial charge is 0.221 e. The normalized spacial score (nSPS) is 10.2. The van der Waals surface area contributed by atoms with Crippen LogP contribution < -0.4 is 5.32 Å². The molecule has 4 nitrogen and oxygen atoms in total. The standard InChI is InChI=1S/C12H13N3OS/c1-9(16)14-10-3-5-11(6-4-10)17-12-13-7-8-15(12)2/h3-8H,1-2H3,(H,14,16). The Morgan fingerprint density at radius 2 is 2.06 bits per heavy atom. The van der Waals surface area contributed by atoms with Gasteiger partial charge in [-0.2, -0.15) is 0 Å². The summed E-state index contributed by atoms with van der Waals surface area (Å²) in [6.45, 7) is 1.50. The quantitative estimate of drug-likeness (QED) is 0.906. The number of nitrogens with one attached hydrogen (secondary N) is 1. The number of imidazole rings is 1. The highest BCUT2D eigenvalue weighted by molar-refractivity contribution is 7.99. The first-order valence-electron chi connectivity index (χ1n) is 5.18. The predicted molar refractivity (Wildman–Crippen MR) is 68.1 cm³/mol. The highest BCUT2D eigenvalue weighted by Gasteiger charge is 2.02. The number of benzene rings is 1. The molecule has 1 N–H and O–H groups in total. The lowest BCUT2D eigenvalue weighted by Gasteiger charge is -2.04. The van der Waals surface area contributed by atoms with E-state index in [0.29, 0.717) is 0 Å². The lowest BCUT2D eigenvalue weighted by Crippen LogP contribution is -2.05. The summed E-state index contributed by atoms with van der Waals surface area (Å²) in [7, 11) is 1.96. The molecule has 1 heterocycles. The van der Waals surface area contributed by atoms with Gasteiger partial charge in [-0.05, 0) is 24.3 Å². The minimum absolute atomic E-state index is 0.0606. The summed E-state index contributed by atoms with van der Waals surface area (Å²) in [6, 6.07) is 7.69. The highest BCUT2D eigenvalue weighted by atomic mass is 32.2. The second kappa shape index (κ2) is 5.05. The van der Waals surface area contributed by atoms with Crippen molar-refractivity contribution in [3.63, 3.8) is 0 Å². The van der Waals surface area contributed by atoms with E-state index in [4.69, 9.17) is 0 Å². The number of amides is 1. The van der Waals surface area contributed by atoms with E-state index in [2.05, 4.69) is 10.3 Å². The molecule has 1 aromatic heterocycles. The largest absolute Gasteiger partial charge is 0.329 e. The number of hydrogen-bond acceptors (Lipinski definition) is 3. The second-order valence-corrected chi connectivity index (χ2v) is 4.67. The number of anilines is 1. The SMILES string of the molecule is CC(=O)Nc1ccc(Sc2nccn2C)cc1. The van der Waals surface area contributed by atoms with Gasteiger partial charge >= 0.3 is 0 Å². The maximum atomic E-state index is 10.9. The third-order valence-electron chi connectivity index (χ3n) is 2.16. The zero-order valence-electron chi connectivity index (χ0n) is 9.68. The fourth-order valence-electron chi connectivity index (χ4n) is 1.37. The number of aryl methyl sites for hydroxylation is 1. The summed E-state index contributed by atoms with van der Waals surface area (Å²) in [5.41, 5.74) is 0.807. The van der Waals surface area contributed by atoms with E-state index >= 15 is 0 Å². The van der Waals surface area contributed by atoms with Crippen LogP contribution in [0.3, 0.4) is 0 Å². The van der Waals surface area contributed by atoms with Crippen LogP contribution in [0.2, 0.25) is 0 Å². The van der Waals surface area contributed by atoms with Gasteiger partial charge in [0.05, 0.1) is 0 Å². The molecule has 2 rings (SSSR count). The maximum Gasteiger partial charge on any atom is 0.221 e. The number of carbonyl (C=O) groups is 1. The summed E-state index contributed by atoms with van der Waals surface area (Å²) in [5, 5.41) is 3.68. The van der Waals surface area contributed by atoms with Crippen molar-refractivity contribution in [3.05, 3.63) is 36.7 Å². The minimum atomic E-state index is -0.0606. The van der Waals surface area contributed by atoms with Gasteiger partial charge < -0.3 is 9.88 Å². The van der Waals surface area contributed by atoms with Gasteiger partial charge in [0.15, 0.2) is 5.16 Å². The van der Waals surface area contributed by atoms with Crippen molar-refractivity contribution in [2.45, 2.75) is 17.0 Å². The Bertz CT molecular complexity index is 519. The van der Waals surface area contributed by atoms with Crippen molar-refractivity contribution in [1.29, 1.82) is 0 Å². The van der Waals surface area contributed by atoms with Gasteiger partial charge in [-0.3, -0.25) is 4.79 Å². The first kappa shape index (κ1) is 11.7. The fraction of sp³-hybridized carbons (Fsp3) is 0.167. The molecule has 0 aliphatic carbocycles.